The van der Waals surface area contributed by atoms with E-state index in [9.17, 15) is 19.5 Å². The van der Waals surface area contributed by atoms with Gasteiger partial charge < -0.3 is 20.2 Å². The SMILES string of the molecule is CC(=O)N1CCCC1C(=O)N1CC(O)CC1C1NC(=O)C(C)(c2ccc(-c3scnc3C)cc2)N1. The van der Waals surface area contributed by atoms with E-state index in [0.717, 1.165) is 28.1 Å². The predicted molar refractivity (Wildman–Crippen MR) is 131 cm³/mol. The van der Waals surface area contributed by atoms with Crippen molar-refractivity contribution in [3.05, 3.63) is 41.0 Å². The van der Waals surface area contributed by atoms with E-state index < -0.39 is 29.9 Å². The highest BCUT2D eigenvalue weighted by Gasteiger charge is 2.51. The van der Waals surface area contributed by atoms with Crippen molar-refractivity contribution in [1.82, 2.24) is 25.4 Å². The summed E-state index contributed by atoms with van der Waals surface area (Å²) in [5, 5.41) is 16.9. The van der Waals surface area contributed by atoms with Crippen LogP contribution in [0.15, 0.2) is 29.8 Å². The van der Waals surface area contributed by atoms with Crippen molar-refractivity contribution in [2.24, 2.45) is 0 Å². The standard InChI is InChI=1S/C25H31N5O4S/c1-14-21(35-13-26-14)16-6-8-17(9-7-16)25(3)24(34)27-22(28-25)20-11-18(32)12-30(20)23(33)19-5-4-10-29(19)15(2)31/h6-9,13,18-20,22,28,32H,4-5,10-12H2,1-3H3,(H,27,34). The molecule has 5 unspecified atom stereocenters. The van der Waals surface area contributed by atoms with Crippen LogP contribution in [-0.4, -0.2) is 75.1 Å². The number of β-amino-alcohol motifs (C(OH)–C–C–N with tert-alkyl or cyclic N) is 1. The van der Waals surface area contributed by atoms with Gasteiger partial charge in [-0.25, -0.2) is 4.98 Å². The first-order valence-corrected chi connectivity index (χ1v) is 12.9. The van der Waals surface area contributed by atoms with E-state index in [4.69, 9.17) is 0 Å². The van der Waals surface area contributed by atoms with Gasteiger partial charge in [-0.1, -0.05) is 24.3 Å². The smallest absolute Gasteiger partial charge is 0.245 e. The molecular weight excluding hydrogens is 466 g/mol. The molecule has 10 heteroatoms. The summed E-state index contributed by atoms with van der Waals surface area (Å²) in [7, 11) is 0. The Bertz CT molecular complexity index is 1150. The van der Waals surface area contributed by atoms with Crippen LogP contribution in [0.3, 0.4) is 0 Å². The molecular formula is C25H31N5O4S. The first-order chi connectivity index (χ1) is 16.7. The molecule has 35 heavy (non-hydrogen) atoms. The number of nitrogens with zero attached hydrogens (tertiary/aromatic N) is 3. The van der Waals surface area contributed by atoms with Crippen LogP contribution >= 0.6 is 11.3 Å². The van der Waals surface area contributed by atoms with Gasteiger partial charge in [-0.05, 0) is 44.2 Å². The summed E-state index contributed by atoms with van der Waals surface area (Å²) in [6.45, 7) is 6.05. The summed E-state index contributed by atoms with van der Waals surface area (Å²) < 4.78 is 0. The van der Waals surface area contributed by atoms with Crippen molar-refractivity contribution >= 4 is 29.1 Å². The Kier molecular flexibility index (Phi) is 6.14. The van der Waals surface area contributed by atoms with Crippen LogP contribution in [0.2, 0.25) is 0 Å². The quantitative estimate of drug-likeness (QED) is 0.588. The second kappa shape index (κ2) is 9.00. The lowest BCUT2D eigenvalue weighted by Gasteiger charge is -2.34. The third-order valence-electron chi connectivity index (χ3n) is 7.59. The number of hydrogen-bond acceptors (Lipinski definition) is 7. The fourth-order valence-electron chi connectivity index (χ4n) is 5.64. The number of aromatic nitrogens is 1. The molecule has 0 bridgehead atoms. The number of thiazole rings is 1. The molecule has 2 aromatic rings. The van der Waals surface area contributed by atoms with Gasteiger partial charge in [0.05, 0.1) is 28.2 Å². The summed E-state index contributed by atoms with van der Waals surface area (Å²) in [6, 6.07) is 6.96. The minimum atomic E-state index is -0.979. The Balaban J connectivity index is 1.35. The number of likely N-dealkylation sites (tertiary alicyclic amines) is 2. The van der Waals surface area contributed by atoms with E-state index in [1.807, 2.05) is 43.6 Å². The number of aliphatic hydroxyl groups excluding tert-OH is 1. The number of nitrogens with one attached hydrogen (secondary N) is 2. The molecule has 3 N–H and O–H groups in total. The van der Waals surface area contributed by atoms with E-state index >= 15 is 0 Å². The van der Waals surface area contributed by atoms with Gasteiger partial charge in [0.15, 0.2) is 0 Å². The van der Waals surface area contributed by atoms with Crippen molar-refractivity contribution in [3.63, 3.8) is 0 Å². The van der Waals surface area contributed by atoms with Gasteiger partial charge in [-0.2, -0.15) is 0 Å². The maximum atomic E-state index is 13.4. The highest BCUT2D eigenvalue weighted by Crippen LogP contribution is 2.34. The molecule has 3 aliphatic rings. The molecule has 9 nitrogen and oxygen atoms in total. The average molecular weight is 498 g/mol. The predicted octanol–water partition coefficient (Wildman–Crippen LogP) is 1.35. The van der Waals surface area contributed by atoms with Crippen LogP contribution in [0.4, 0.5) is 0 Å². The van der Waals surface area contributed by atoms with Crippen LogP contribution in [0, 0.1) is 6.92 Å². The van der Waals surface area contributed by atoms with Crippen molar-refractivity contribution < 1.29 is 19.5 Å². The maximum Gasteiger partial charge on any atom is 0.245 e. The third-order valence-corrected chi connectivity index (χ3v) is 8.56. The zero-order chi connectivity index (χ0) is 24.9. The molecule has 1 aromatic carbocycles. The average Bonchev–Trinajstić information content (AvgIpc) is 3.61. The number of carbonyl (C=O) groups excluding carboxylic acids is 3. The number of rotatable bonds is 4. The van der Waals surface area contributed by atoms with Crippen LogP contribution in [-0.2, 0) is 19.9 Å². The normalized spacial score (nSPS) is 30.7. The van der Waals surface area contributed by atoms with Gasteiger partial charge >= 0.3 is 0 Å². The maximum absolute atomic E-state index is 13.4. The molecule has 3 saturated heterocycles. The fraction of sp³-hybridized carbons (Fsp3) is 0.520. The summed E-state index contributed by atoms with van der Waals surface area (Å²) in [6.07, 6.45) is 0.569. The number of carbonyl (C=O) groups is 3. The van der Waals surface area contributed by atoms with Crippen LogP contribution in [0.25, 0.3) is 10.4 Å². The Morgan fingerprint density at radius 2 is 1.97 bits per heavy atom. The molecule has 5 rings (SSSR count). The molecule has 3 amide bonds. The summed E-state index contributed by atoms with van der Waals surface area (Å²) in [5.74, 6) is -0.452. The summed E-state index contributed by atoms with van der Waals surface area (Å²) in [4.78, 5) is 47.3. The minimum Gasteiger partial charge on any atom is -0.391 e. The molecule has 4 heterocycles. The van der Waals surface area contributed by atoms with Crippen molar-refractivity contribution in [2.45, 2.75) is 69.9 Å². The van der Waals surface area contributed by atoms with E-state index in [2.05, 4.69) is 15.6 Å². The second-order valence-corrected chi connectivity index (χ2v) is 10.7. The zero-order valence-electron chi connectivity index (χ0n) is 20.2. The van der Waals surface area contributed by atoms with Crippen molar-refractivity contribution in [1.29, 1.82) is 0 Å². The van der Waals surface area contributed by atoms with Gasteiger partial charge in [-0.15, -0.1) is 11.3 Å². The van der Waals surface area contributed by atoms with E-state index in [-0.39, 0.29) is 24.3 Å². The Labute approximate surface area is 208 Å². The lowest BCUT2D eigenvalue weighted by molar-refractivity contribution is -0.144. The Morgan fingerprint density at radius 1 is 1.23 bits per heavy atom. The summed E-state index contributed by atoms with van der Waals surface area (Å²) in [5.41, 5.74) is 3.68. The molecule has 186 valence electrons. The molecule has 3 fully saturated rings. The Hall–Kier alpha value is -2.82. The van der Waals surface area contributed by atoms with E-state index in [0.29, 0.717) is 19.4 Å². The molecule has 3 aliphatic heterocycles. The fourth-order valence-corrected chi connectivity index (χ4v) is 6.45. The number of hydrogen-bond donors (Lipinski definition) is 3. The first kappa shape index (κ1) is 23.9. The van der Waals surface area contributed by atoms with Crippen molar-refractivity contribution in [3.8, 4) is 10.4 Å². The van der Waals surface area contributed by atoms with Crippen LogP contribution in [0.1, 0.15) is 44.4 Å². The first-order valence-electron chi connectivity index (χ1n) is 12.0. The molecule has 0 saturated carbocycles. The second-order valence-electron chi connectivity index (χ2n) is 9.88. The molecule has 0 spiro atoms. The minimum absolute atomic E-state index is 0.117. The Morgan fingerprint density at radius 3 is 2.63 bits per heavy atom. The highest BCUT2D eigenvalue weighted by atomic mass is 32.1. The van der Waals surface area contributed by atoms with E-state index in [1.165, 1.54) is 6.92 Å². The van der Waals surface area contributed by atoms with Crippen molar-refractivity contribution in [2.75, 3.05) is 13.1 Å². The monoisotopic (exact) mass is 497 g/mol. The lowest BCUT2D eigenvalue weighted by atomic mass is 9.91. The third kappa shape index (κ3) is 4.13. The number of amides is 3. The zero-order valence-corrected chi connectivity index (χ0v) is 21.0. The van der Waals surface area contributed by atoms with Gasteiger partial charge in [-0.3, -0.25) is 19.7 Å². The molecule has 1 aromatic heterocycles. The van der Waals surface area contributed by atoms with Gasteiger partial charge in [0.1, 0.15) is 17.7 Å². The molecule has 0 radical (unpaired) electrons. The van der Waals surface area contributed by atoms with Gasteiger partial charge in [0, 0.05) is 20.0 Å². The lowest BCUT2D eigenvalue weighted by Crippen LogP contribution is -2.56. The number of aryl methyl sites for hydroxylation is 1. The summed E-state index contributed by atoms with van der Waals surface area (Å²) >= 11 is 1.58. The van der Waals surface area contributed by atoms with Crippen LogP contribution < -0.4 is 10.6 Å². The topological polar surface area (TPSA) is 115 Å². The number of benzene rings is 1. The van der Waals surface area contributed by atoms with Crippen LogP contribution in [0.5, 0.6) is 0 Å². The number of aliphatic hydroxyl groups is 1. The van der Waals surface area contributed by atoms with Gasteiger partial charge in [0.2, 0.25) is 17.7 Å². The molecule has 0 aliphatic carbocycles. The van der Waals surface area contributed by atoms with Gasteiger partial charge in [0.25, 0.3) is 0 Å². The highest BCUT2D eigenvalue weighted by molar-refractivity contribution is 7.13. The largest absolute Gasteiger partial charge is 0.391 e. The van der Waals surface area contributed by atoms with E-state index in [1.54, 1.807) is 21.1 Å². The molecule has 5 atom stereocenters.